The van der Waals surface area contributed by atoms with E-state index in [4.69, 9.17) is 21.6 Å². The molecule has 0 unspecified atom stereocenters. The van der Waals surface area contributed by atoms with Crippen molar-refractivity contribution in [2.75, 3.05) is 17.7 Å². The zero-order valence-corrected chi connectivity index (χ0v) is 14.4. The lowest BCUT2D eigenvalue weighted by molar-refractivity contribution is -0.119. The third-order valence-corrected chi connectivity index (χ3v) is 4.14. The van der Waals surface area contributed by atoms with Gasteiger partial charge in [-0.2, -0.15) is 5.26 Å². The van der Waals surface area contributed by atoms with E-state index in [0.29, 0.717) is 5.69 Å². The van der Waals surface area contributed by atoms with Gasteiger partial charge in [0.2, 0.25) is 0 Å². The van der Waals surface area contributed by atoms with E-state index in [1.807, 2.05) is 6.07 Å². The van der Waals surface area contributed by atoms with E-state index >= 15 is 0 Å². The number of esters is 1. The number of anilines is 1. The molecule has 0 saturated carbocycles. The van der Waals surface area contributed by atoms with E-state index in [2.05, 4.69) is 5.32 Å². The predicted octanol–water partition coefficient (Wildman–Crippen LogP) is 3.46. The maximum absolute atomic E-state index is 12.0. The molecule has 0 spiro atoms. The molecule has 2 aromatic carbocycles. The quantitative estimate of drug-likeness (QED) is 0.591. The maximum Gasteiger partial charge on any atom is 0.342 e. The molecule has 0 heterocycles. The molecule has 0 aliphatic rings. The number of amides is 1. The number of halogens is 1. The summed E-state index contributed by atoms with van der Waals surface area (Å²) in [5, 5.41) is 21.2. The van der Waals surface area contributed by atoms with Crippen LogP contribution in [0.4, 0.5) is 5.69 Å². The third-order valence-electron chi connectivity index (χ3n) is 2.97. The Morgan fingerprint density at radius 3 is 2.80 bits per heavy atom. The van der Waals surface area contributed by atoms with Gasteiger partial charge in [0, 0.05) is 9.92 Å². The maximum atomic E-state index is 12.0. The molecule has 6 nitrogen and oxygen atoms in total. The number of hydrogen-bond donors (Lipinski definition) is 2. The van der Waals surface area contributed by atoms with E-state index < -0.39 is 18.5 Å². The van der Waals surface area contributed by atoms with Crippen LogP contribution in [0.3, 0.4) is 0 Å². The molecule has 2 aromatic rings. The summed E-state index contributed by atoms with van der Waals surface area (Å²) in [4.78, 5) is 24.6. The molecule has 0 atom stereocenters. The van der Waals surface area contributed by atoms with Crippen LogP contribution in [-0.2, 0) is 9.53 Å². The van der Waals surface area contributed by atoms with Crippen LogP contribution in [0.5, 0.6) is 5.75 Å². The zero-order valence-electron chi connectivity index (χ0n) is 12.9. The summed E-state index contributed by atoms with van der Waals surface area (Å²) in [5.41, 5.74) is 0.402. The van der Waals surface area contributed by atoms with Crippen molar-refractivity contribution in [3.05, 3.63) is 53.1 Å². The van der Waals surface area contributed by atoms with Gasteiger partial charge in [0.1, 0.15) is 11.3 Å². The van der Waals surface area contributed by atoms with E-state index in [9.17, 15) is 14.7 Å². The Balaban J connectivity index is 1.96. The summed E-state index contributed by atoms with van der Waals surface area (Å²) < 4.78 is 4.89. The van der Waals surface area contributed by atoms with Crippen molar-refractivity contribution >= 4 is 40.9 Å². The van der Waals surface area contributed by atoms with Crippen molar-refractivity contribution in [3.63, 3.8) is 0 Å². The van der Waals surface area contributed by atoms with Gasteiger partial charge in [-0.15, -0.1) is 11.8 Å². The van der Waals surface area contributed by atoms with Crippen LogP contribution in [0.1, 0.15) is 10.4 Å². The lowest BCUT2D eigenvalue weighted by Crippen LogP contribution is -2.21. The second-order valence-electron chi connectivity index (χ2n) is 4.73. The largest absolute Gasteiger partial charge is 0.507 e. The normalized spacial score (nSPS) is 9.92. The van der Waals surface area contributed by atoms with Crippen molar-refractivity contribution < 1.29 is 19.4 Å². The lowest BCUT2D eigenvalue weighted by Gasteiger charge is -2.10. The number of ether oxygens (including phenoxy) is 1. The number of nitriles is 1. The van der Waals surface area contributed by atoms with Gasteiger partial charge < -0.3 is 15.2 Å². The van der Waals surface area contributed by atoms with Gasteiger partial charge in [-0.3, -0.25) is 4.79 Å². The highest BCUT2D eigenvalue weighted by Gasteiger charge is 2.15. The molecule has 1 amide bonds. The zero-order chi connectivity index (χ0) is 18.2. The molecule has 0 radical (unpaired) electrons. The summed E-state index contributed by atoms with van der Waals surface area (Å²) in [6, 6.07) is 12.9. The monoisotopic (exact) mass is 376 g/mol. The van der Waals surface area contributed by atoms with Crippen LogP contribution < -0.4 is 5.32 Å². The first-order valence-electron chi connectivity index (χ1n) is 7.05. The number of nitrogens with one attached hydrogen (secondary N) is 1. The van der Waals surface area contributed by atoms with Crippen molar-refractivity contribution in [1.82, 2.24) is 0 Å². The first-order valence-corrected chi connectivity index (χ1v) is 8.42. The van der Waals surface area contributed by atoms with Crippen molar-refractivity contribution in [2.24, 2.45) is 0 Å². The Bertz CT molecular complexity index is 836. The number of nitrogens with zero attached hydrogens (tertiary/aromatic N) is 1. The highest BCUT2D eigenvalue weighted by molar-refractivity contribution is 7.99. The number of aromatic hydroxyl groups is 1. The number of thioether (sulfide) groups is 1. The Labute approximate surface area is 153 Å². The summed E-state index contributed by atoms with van der Waals surface area (Å²) in [6.07, 6.45) is 0. The van der Waals surface area contributed by atoms with Gasteiger partial charge in [0.15, 0.2) is 6.61 Å². The van der Waals surface area contributed by atoms with Crippen LogP contribution >= 0.6 is 23.4 Å². The van der Waals surface area contributed by atoms with Crippen LogP contribution in [0.15, 0.2) is 47.4 Å². The Morgan fingerprint density at radius 2 is 2.04 bits per heavy atom. The highest BCUT2D eigenvalue weighted by Crippen LogP contribution is 2.26. The fourth-order valence-electron chi connectivity index (χ4n) is 1.87. The molecule has 0 fully saturated rings. The van der Waals surface area contributed by atoms with Crippen LogP contribution in [0.2, 0.25) is 5.02 Å². The molecule has 8 heteroatoms. The van der Waals surface area contributed by atoms with Gasteiger partial charge in [-0.1, -0.05) is 23.7 Å². The fraction of sp³-hybridized carbons (Fsp3) is 0.118. The molecule has 0 aliphatic carbocycles. The molecule has 2 N–H and O–H groups in total. The summed E-state index contributed by atoms with van der Waals surface area (Å²) in [6.45, 7) is -0.526. The van der Waals surface area contributed by atoms with E-state index in [-0.39, 0.29) is 22.1 Å². The Hall–Kier alpha value is -2.69. The Morgan fingerprint density at radius 1 is 1.28 bits per heavy atom. The average molecular weight is 377 g/mol. The molecular formula is C17H13ClN2O4S. The van der Waals surface area contributed by atoms with Crippen molar-refractivity contribution in [3.8, 4) is 11.8 Å². The third kappa shape index (κ3) is 5.41. The number of carbonyl (C=O) groups is 2. The minimum absolute atomic E-state index is 0.120. The summed E-state index contributed by atoms with van der Waals surface area (Å²) in [5.74, 6) is -1.44. The first-order chi connectivity index (χ1) is 12.0. The number of hydrogen-bond acceptors (Lipinski definition) is 6. The van der Waals surface area contributed by atoms with Crippen LogP contribution in [0.25, 0.3) is 0 Å². The molecule has 0 saturated heterocycles. The molecule has 25 heavy (non-hydrogen) atoms. The van der Waals surface area contributed by atoms with Crippen LogP contribution in [-0.4, -0.2) is 29.3 Å². The van der Waals surface area contributed by atoms with E-state index in [1.54, 1.807) is 24.3 Å². The number of carbonyl (C=O) groups excluding carboxylic acids is 2. The SMILES string of the molecule is N#CCSc1ccccc1NC(=O)COC(=O)c1cc(Cl)ccc1O. The smallest absolute Gasteiger partial charge is 0.342 e. The number of phenols is 1. The van der Waals surface area contributed by atoms with Crippen LogP contribution in [0, 0.1) is 11.3 Å². The van der Waals surface area contributed by atoms with Gasteiger partial charge in [-0.05, 0) is 30.3 Å². The number of phenolic OH excluding ortho intramolecular Hbond substituents is 1. The van der Waals surface area contributed by atoms with E-state index in [1.165, 1.54) is 30.0 Å². The minimum atomic E-state index is -0.859. The second kappa shape index (κ2) is 8.97. The van der Waals surface area contributed by atoms with Crippen molar-refractivity contribution in [2.45, 2.75) is 4.90 Å². The molecule has 128 valence electrons. The number of para-hydroxylation sites is 1. The molecule has 2 rings (SSSR count). The van der Waals surface area contributed by atoms with Crippen molar-refractivity contribution in [1.29, 1.82) is 5.26 Å². The summed E-state index contributed by atoms with van der Waals surface area (Å²) >= 11 is 7.05. The standard InChI is InChI=1S/C17H13ClN2O4S/c18-11-5-6-14(21)12(9-11)17(23)24-10-16(22)20-13-3-1-2-4-15(13)25-8-7-19/h1-6,9,21H,8,10H2,(H,20,22). The summed E-state index contributed by atoms with van der Waals surface area (Å²) in [7, 11) is 0. The second-order valence-corrected chi connectivity index (χ2v) is 6.18. The minimum Gasteiger partial charge on any atom is -0.507 e. The van der Waals surface area contributed by atoms with E-state index in [0.717, 1.165) is 4.90 Å². The lowest BCUT2D eigenvalue weighted by atomic mass is 10.2. The average Bonchev–Trinajstić information content (AvgIpc) is 2.61. The fourth-order valence-corrected chi connectivity index (χ4v) is 2.71. The van der Waals surface area contributed by atoms with Gasteiger partial charge in [0.25, 0.3) is 5.91 Å². The molecule has 0 aromatic heterocycles. The van der Waals surface area contributed by atoms with Gasteiger partial charge >= 0.3 is 5.97 Å². The first kappa shape index (κ1) is 18.6. The van der Waals surface area contributed by atoms with Gasteiger partial charge in [-0.25, -0.2) is 4.79 Å². The number of rotatable bonds is 6. The topological polar surface area (TPSA) is 99.4 Å². The highest BCUT2D eigenvalue weighted by atomic mass is 35.5. The molecular weight excluding hydrogens is 364 g/mol. The predicted molar refractivity (Wildman–Crippen MR) is 94.8 cm³/mol. The Kier molecular flexibility index (Phi) is 6.69. The van der Waals surface area contributed by atoms with Gasteiger partial charge in [0.05, 0.1) is 17.5 Å². The number of benzene rings is 2. The molecule has 0 aliphatic heterocycles. The molecule has 0 bridgehead atoms.